The van der Waals surface area contributed by atoms with Gasteiger partial charge in [-0.2, -0.15) is 10.1 Å². The molecular formula is C17H14BrN3O5. The lowest BCUT2D eigenvalue weighted by Crippen LogP contribution is -2.38. The summed E-state index contributed by atoms with van der Waals surface area (Å²) in [6.45, 7) is 0. The number of phenolic OH excluding ortho intramolecular Hbond substituents is 1. The number of carbonyl (C=O) groups is 2. The number of nitro benzene ring substituents is 1. The Morgan fingerprint density at radius 2 is 1.77 bits per heavy atom. The summed E-state index contributed by atoms with van der Waals surface area (Å²) >= 11 is 3.04. The summed E-state index contributed by atoms with van der Waals surface area (Å²) in [5.74, 6) is -1.59. The largest absolute Gasteiger partial charge is 0.506 e. The van der Waals surface area contributed by atoms with E-state index in [2.05, 4.69) is 21.0 Å². The SMILES string of the molecule is O=C1[C@@H]2[C@@H](C(=O)N1/N=C\c1cc([N+](=O)[O-])cc(Br)c1O)[C@H]1C=C[C@@H]2CC1. The standard InChI is InChI=1S/C17H14BrN3O5/c18-12-6-11(21(25)26)5-10(15(12)22)7-19-20-16(23)13-8-1-2-9(4-3-8)14(13)17(20)24/h1-2,5-9,13-14,22H,3-4H2/b19-7-/t8-,9+,13-,14-/m0/s1. The van der Waals surface area contributed by atoms with E-state index < -0.39 is 4.92 Å². The highest BCUT2D eigenvalue weighted by molar-refractivity contribution is 9.10. The molecule has 0 aromatic heterocycles. The number of hydrazone groups is 1. The molecule has 0 unspecified atom stereocenters. The predicted molar refractivity (Wildman–Crippen MR) is 94.2 cm³/mol. The second-order valence-corrected chi connectivity index (χ2v) is 7.55. The highest BCUT2D eigenvalue weighted by Gasteiger charge is 2.56. The Morgan fingerprint density at radius 3 is 2.27 bits per heavy atom. The molecule has 2 bridgehead atoms. The molecule has 0 spiro atoms. The van der Waals surface area contributed by atoms with Gasteiger partial charge in [0.05, 0.1) is 27.4 Å². The van der Waals surface area contributed by atoms with Gasteiger partial charge in [-0.3, -0.25) is 19.7 Å². The van der Waals surface area contributed by atoms with Crippen molar-refractivity contribution >= 4 is 39.6 Å². The van der Waals surface area contributed by atoms with Gasteiger partial charge >= 0.3 is 0 Å². The third kappa shape index (κ3) is 2.45. The van der Waals surface area contributed by atoms with Crippen LogP contribution in [0, 0.1) is 33.8 Å². The van der Waals surface area contributed by atoms with Gasteiger partial charge < -0.3 is 5.11 Å². The molecule has 4 aliphatic rings. The van der Waals surface area contributed by atoms with Crippen LogP contribution in [0.25, 0.3) is 0 Å². The van der Waals surface area contributed by atoms with Crippen molar-refractivity contribution in [3.8, 4) is 5.75 Å². The van der Waals surface area contributed by atoms with Crippen LogP contribution in [0.5, 0.6) is 5.75 Å². The maximum Gasteiger partial charge on any atom is 0.271 e. The van der Waals surface area contributed by atoms with Crippen LogP contribution in [-0.4, -0.2) is 33.1 Å². The fourth-order valence-corrected chi connectivity index (χ4v) is 4.56. The first-order valence-electron chi connectivity index (χ1n) is 8.15. The molecule has 1 aromatic carbocycles. The molecule has 1 aromatic rings. The zero-order chi connectivity index (χ0) is 18.6. The third-order valence-corrected chi connectivity index (χ3v) is 5.94. The number of phenols is 1. The zero-order valence-electron chi connectivity index (χ0n) is 13.4. The number of carbonyl (C=O) groups excluding carboxylic acids is 2. The minimum absolute atomic E-state index is 0.0441. The van der Waals surface area contributed by atoms with Crippen LogP contribution in [0.4, 0.5) is 5.69 Å². The molecule has 26 heavy (non-hydrogen) atoms. The van der Waals surface area contributed by atoms with E-state index in [0.717, 1.165) is 36.2 Å². The van der Waals surface area contributed by atoms with Crippen molar-refractivity contribution in [1.29, 1.82) is 0 Å². The molecule has 134 valence electrons. The average molecular weight is 420 g/mol. The van der Waals surface area contributed by atoms with Crippen molar-refractivity contribution in [2.45, 2.75) is 12.8 Å². The van der Waals surface area contributed by atoms with Crippen LogP contribution >= 0.6 is 15.9 Å². The first-order chi connectivity index (χ1) is 12.4. The number of rotatable bonds is 3. The Hall–Kier alpha value is -2.55. The van der Waals surface area contributed by atoms with Crippen molar-refractivity contribution < 1.29 is 19.6 Å². The molecule has 5 rings (SSSR count). The Balaban J connectivity index is 1.65. The molecule has 1 aliphatic heterocycles. The quantitative estimate of drug-likeness (QED) is 0.266. The number of halogens is 1. The van der Waals surface area contributed by atoms with E-state index in [-0.39, 0.29) is 57.0 Å². The number of fused-ring (bicyclic) bond motifs is 1. The van der Waals surface area contributed by atoms with Crippen molar-refractivity contribution in [3.63, 3.8) is 0 Å². The fourth-order valence-electron chi connectivity index (χ4n) is 4.10. The van der Waals surface area contributed by atoms with Crippen LogP contribution in [0.3, 0.4) is 0 Å². The fraction of sp³-hybridized carbons (Fsp3) is 0.353. The van der Waals surface area contributed by atoms with Gasteiger partial charge in [-0.25, -0.2) is 0 Å². The van der Waals surface area contributed by atoms with Gasteiger partial charge in [-0.1, -0.05) is 12.2 Å². The number of hydrogen-bond donors (Lipinski definition) is 1. The number of hydrogen-bond acceptors (Lipinski definition) is 6. The van der Waals surface area contributed by atoms with Crippen LogP contribution in [0.1, 0.15) is 18.4 Å². The molecule has 3 aliphatic carbocycles. The van der Waals surface area contributed by atoms with Gasteiger partial charge in [0.25, 0.3) is 17.5 Å². The van der Waals surface area contributed by atoms with Crippen LogP contribution < -0.4 is 0 Å². The minimum atomic E-state index is -0.606. The summed E-state index contributed by atoms with van der Waals surface area (Å²) in [7, 11) is 0. The van der Waals surface area contributed by atoms with Crippen LogP contribution in [0.15, 0.2) is 33.9 Å². The zero-order valence-corrected chi connectivity index (χ0v) is 15.0. The number of imide groups is 1. The van der Waals surface area contributed by atoms with Crippen molar-refractivity contribution in [3.05, 3.63) is 44.4 Å². The first kappa shape index (κ1) is 16.9. The summed E-state index contributed by atoms with van der Waals surface area (Å²) in [5, 5.41) is 25.8. The molecule has 0 radical (unpaired) electrons. The van der Waals surface area contributed by atoms with E-state index in [4.69, 9.17) is 0 Å². The molecule has 2 fully saturated rings. The second-order valence-electron chi connectivity index (χ2n) is 6.70. The van der Waals surface area contributed by atoms with E-state index in [1.165, 1.54) is 0 Å². The monoisotopic (exact) mass is 419 g/mol. The van der Waals surface area contributed by atoms with E-state index in [1.54, 1.807) is 0 Å². The van der Waals surface area contributed by atoms with E-state index in [9.17, 15) is 24.8 Å². The lowest BCUT2D eigenvalue weighted by Gasteiger charge is -2.37. The maximum atomic E-state index is 12.7. The maximum absolute atomic E-state index is 12.7. The third-order valence-electron chi connectivity index (χ3n) is 5.34. The summed E-state index contributed by atoms with van der Waals surface area (Å²) in [6, 6.07) is 2.30. The molecule has 1 saturated carbocycles. The number of nitrogens with zero attached hydrogens (tertiary/aromatic N) is 3. The number of amides is 2. The Bertz CT molecular complexity index is 865. The minimum Gasteiger partial charge on any atom is -0.506 e. The molecule has 1 heterocycles. The summed E-state index contributed by atoms with van der Waals surface area (Å²) < 4.78 is 0.128. The van der Waals surface area contributed by atoms with Crippen molar-refractivity contribution in [1.82, 2.24) is 5.01 Å². The topological polar surface area (TPSA) is 113 Å². The average Bonchev–Trinajstić information content (AvgIpc) is 2.90. The number of nitro groups is 1. The molecule has 2 amide bonds. The summed E-state index contributed by atoms with van der Waals surface area (Å²) in [6.07, 6.45) is 6.90. The van der Waals surface area contributed by atoms with Crippen LogP contribution in [0.2, 0.25) is 0 Å². The number of aromatic hydroxyl groups is 1. The van der Waals surface area contributed by atoms with E-state index in [0.29, 0.717) is 0 Å². The number of allylic oxidation sites excluding steroid dienone is 2. The van der Waals surface area contributed by atoms with Crippen molar-refractivity contribution in [2.75, 3.05) is 0 Å². The van der Waals surface area contributed by atoms with Gasteiger partial charge in [-0.15, -0.1) is 0 Å². The van der Waals surface area contributed by atoms with E-state index >= 15 is 0 Å². The molecule has 8 nitrogen and oxygen atoms in total. The lowest BCUT2D eigenvalue weighted by molar-refractivity contribution is -0.385. The summed E-state index contributed by atoms with van der Waals surface area (Å²) in [5.41, 5.74) is -0.200. The second kappa shape index (κ2) is 6.01. The molecule has 1 saturated heterocycles. The highest BCUT2D eigenvalue weighted by Crippen LogP contribution is 2.49. The van der Waals surface area contributed by atoms with Gasteiger partial charge in [0.15, 0.2) is 0 Å². The highest BCUT2D eigenvalue weighted by atomic mass is 79.9. The smallest absolute Gasteiger partial charge is 0.271 e. The van der Waals surface area contributed by atoms with Gasteiger partial charge in [0, 0.05) is 17.7 Å². The summed E-state index contributed by atoms with van der Waals surface area (Å²) in [4.78, 5) is 35.7. The van der Waals surface area contributed by atoms with Crippen molar-refractivity contribution in [2.24, 2.45) is 28.8 Å². The molecular weight excluding hydrogens is 406 g/mol. The number of benzene rings is 1. The predicted octanol–water partition coefficient (Wildman–Crippen LogP) is 2.59. The van der Waals surface area contributed by atoms with Gasteiger partial charge in [-0.05, 0) is 40.6 Å². The normalized spacial score (nSPS) is 29.7. The molecule has 4 atom stereocenters. The Labute approximate surface area is 156 Å². The molecule has 1 N–H and O–H groups in total. The Kier molecular flexibility index (Phi) is 3.91. The van der Waals surface area contributed by atoms with Gasteiger partial charge in [0.1, 0.15) is 5.75 Å². The van der Waals surface area contributed by atoms with Gasteiger partial charge in [0.2, 0.25) is 0 Å². The van der Waals surface area contributed by atoms with E-state index in [1.807, 2.05) is 12.2 Å². The van der Waals surface area contributed by atoms with Crippen LogP contribution in [-0.2, 0) is 9.59 Å². The Morgan fingerprint density at radius 1 is 1.19 bits per heavy atom. The molecule has 9 heteroatoms. The lowest BCUT2D eigenvalue weighted by atomic mass is 9.63. The first-order valence-corrected chi connectivity index (χ1v) is 8.95. The number of non-ortho nitro benzene ring substituents is 1.